The average molecular weight is 417 g/mol. The number of nitrogens with one attached hydrogen (secondary N) is 1. The summed E-state index contributed by atoms with van der Waals surface area (Å²) in [4.78, 5) is 14.6. The van der Waals surface area contributed by atoms with Crippen LogP contribution in [0.2, 0.25) is 0 Å². The third kappa shape index (κ3) is 5.00. The Morgan fingerprint density at radius 3 is 2.48 bits per heavy atom. The monoisotopic (exact) mass is 416 g/mol. The minimum Gasteiger partial charge on any atom is -0.490 e. The molecule has 1 N–H and O–H groups in total. The summed E-state index contributed by atoms with van der Waals surface area (Å²) in [7, 11) is 1.82. The van der Waals surface area contributed by atoms with Crippen LogP contribution in [0.15, 0.2) is 72.8 Å². The molecule has 0 saturated heterocycles. The topological polar surface area (TPSA) is 50.8 Å². The van der Waals surface area contributed by atoms with Gasteiger partial charge < -0.3 is 19.7 Å². The minimum atomic E-state index is -0.156. The number of carbonyl (C=O) groups is 1. The standard InChI is InChI=1S/C26H28N2O3/c1-19(21-13-14-24-25(17-21)31-16-8-15-30-24)27-26(29)28(2)18-22-11-6-7-12-23(22)20-9-4-3-5-10-20/h3-7,9-14,17,19H,8,15-16,18H2,1-2H3,(H,27,29). The summed E-state index contributed by atoms with van der Waals surface area (Å²) < 4.78 is 11.5. The van der Waals surface area contributed by atoms with Crippen LogP contribution in [0.25, 0.3) is 11.1 Å². The van der Waals surface area contributed by atoms with Crippen LogP contribution in [-0.2, 0) is 6.54 Å². The summed E-state index contributed by atoms with van der Waals surface area (Å²) >= 11 is 0. The molecule has 160 valence electrons. The van der Waals surface area contributed by atoms with Crippen LogP contribution in [0, 0.1) is 0 Å². The Balaban J connectivity index is 1.43. The van der Waals surface area contributed by atoms with Gasteiger partial charge in [-0.05, 0) is 41.3 Å². The Morgan fingerprint density at radius 1 is 0.968 bits per heavy atom. The van der Waals surface area contributed by atoms with Crippen LogP contribution in [-0.4, -0.2) is 31.2 Å². The summed E-state index contributed by atoms with van der Waals surface area (Å²) in [6.07, 6.45) is 0.867. The van der Waals surface area contributed by atoms with Crippen LogP contribution in [0.5, 0.6) is 11.5 Å². The van der Waals surface area contributed by atoms with Gasteiger partial charge in [0.1, 0.15) is 0 Å². The minimum absolute atomic E-state index is 0.123. The SMILES string of the molecule is CC(NC(=O)N(C)Cc1ccccc1-c1ccccc1)c1ccc2c(c1)OCCCO2. The molecule has 0 radical (unpaired) electrons. The first-order valence-electron chi connectivity index (χ1n) is 10.7. The van der Waals surface area contributed by atoms with Crippen molar-refractivity contribution in [3.8, 4) is 22.6 Å². The first-order chi connectivity index (χ1) is 15.1. The zero-order valence-corrected chi connectivity index (χ0v) is 18.0. The van der Waals surface area contributed by atoms with Gasteiger partial charge in [0.2, 0.25) is 0 Å². The van der Waals surface area contributed by atoms with E-state index in [9.17, 15) is 4.79 Å². The van der Waals surface area contributed by atoms with Gasteiger partial charge in [0.25, 0.3) is 0 Å². The molecule has 2 amide bonds. The molecule has 5 nitrogen and oxygen atoms in total. The van der Waals surface area contributed by atoms with Gasteiger partial charge in [0.05, 0.1) is 19.3 Å². The number of ether oxygens (including phenoxy) is 2. The summed E-state index contributed by atoms with van der Waals surface area (Å²) in [6.45, 7) is 3.79. The largest absolute Gasteiger partial charge is 0.490 e. The second-order valence-corrected chi connectivity index (χ2v) is 7.81. The van der Waals surface area contributed by atoms with E-state index in [1.54, 1.807) is 4.90 Å². The second kappa shape index (κ2) is 9.56. The number of fused-ring (bicyclic) bond motifs is 1. The molecule has 1 heterocycles. The van der Waals surface area contributed by atoms with Gasteiger partial charge in [0, 0.05) is 20.0 Å². The zero-order valence-electron chi connectivity index (χ0n) is 18.0. The Hall–Kier alpha value is -3.47. The lowest BCUT2D eigenvalue weighted by molar-refractivity contribution is 0.203. The van der Waals surface area contributed by atoms with E-state index in [1.165, 1.54) is 0 Å². The maximum atomic E-state index is 12.9. The van der Waals surface area contributed by atoms with Gasteiger partial charge in [-0.1, -0.05) is 60.7 Å². The van der Waals surface area contributed by atoms with Crippen molar-refractivity contribution in [3.63, 3.8) is 0 Å². The molecule has 0 fully saturated rings. The van der Waals surface area contributed by atoms with Gasteiger partial charge in [-0.25, -0.2) is 4.79 Å². The van der Waals surface area contributed by atoms with E-state index in [-0.39, 0.29) is 12.1 Å². The van der Waals surface area contributed by atoms with E-state index < -0.39 is 0 Å². The lowest BCUT2D eigenvalue weighted by Crippen LogP contribution is -2.38. The summed E-state index contributed by atoms with van der Waals surface area (Å²) in [5.41, 5.74) is 4.37. The highest BCUT2D eigenvalue weighted by molar-refractivity contribution is 5.75. The van der Waals surface area contributed by atoms with E-state index in [0.29, 0.717) is 19.8 Å². The van der Waals surface area contributed by atoms with Crippen molar-refractivity contribution in [1.29, 1.82) is 0 Å². The van der Waals surface area contributed by atoms with E-state index in [4.69, 9.17) is 9.47 Å². The quantitative estimate of drug-likeness (QED) is 0.604. The summed E-state index contributed by atoms with van der Waals surface area (Å²) in [6, 6.07) is 24.0. The molecule has 0 aliphatic carbocycles. The van der Waals surface area contributed by atoms with Crippen LogP contribution in [0.4, 0.5) is 4.79 Å². The smallest absolute Gasteiger partial charge is 0.317 e. The first kappa shape index (κ1) is 20.8. The molecule has 1 aliphatic rings. The highest BCUT2D eigenvalue weighted by Gasteiger charge is 2.18. The normalized spacial score (nSPS) is 13.7. The van der Waals surface area contributed by atoms with Crippen LogP contribution in [0.1, 0.15) is 30.5 Å². The second-order valence-electron chi connectivity index (χ2n) is 7.81. The third-order valence-corrected chi connectivity index (χ3v) is 5.47. The molecule has 0 aromatic heterocycles. The summed E-state index contributed by atoms with van der Waals surface area (Å²) in [5, 5.41) is 3.09. The fraction of sp³-hybridized carbons (Fsp3) is 0.269. The van der Waals surface area contributed by atoms with Crippen molar-refractivity contribution in [3.05, 3.63) is 83.9 Å². The number of hydrogen-bond acceptors (Lipinski definition) is 3. The number of hydrogen-bond donors (Lipinski definition) is 1. The predicted molar refractivity (Wildman–Crippen MR) is 122 cm³/mol. The molecule has 0 bridgehead atoms. The Morgan fingerprint density at radius 2 is 1.68 bits per heavy atom. The lowest BCUT2D eigenvalue weighted by atomic mass is 9.99. The van der Waals surface area contributed by atoms with E-state index in [2.05, 4.69) is 29.6 Å². The molecule has 5 heteroatoms. The van der Waals surface area contributed by atoms with E-state index in [0.717, 1.165) is 40.2 Å². The maximum absolute atomic E-state index is 12.9. The molecule has 1 unspecified atom stereocenters. The highest BCUT2D eigenvalue weighted by Crippen LogP contribution is 2.32. The predicted octanol–water partition coefficient (Wildman–Crippen LogP) is 5.42. The van der Waals surface area contributed by atoms with Crippen molar-refractivity contribution in [1.82, 2.24) is 10.2 Å². The Kier molecular flexibility index (Phi) is 6.41. The molecular weight excluding hydrogens is 388 g/mol. The number of amides is 2. The van der Waals surface area contributed by atoms with Crippen molar-refractivity contribution < 1.29 is 14.3 Å². The molecule has 0 spiro atoms. The van der Waals surface area contributed by atoms with Crippen LogP contribution < -0.4 is 14.8 Å². The lowest BCUT2D eigenvalue weighted by Gasteiger charge is -2.23. The van der Waals surface area contributed by atoms with Gasteiger partial charge in [0.15, 0.2) is 11.5 Å². The van der Waals surface area contributed by atoms with Gasteiger partial charge >= 0.3 is 6.03 Å². The number of benzene rings is 3. The average Bonchev–Trinajstić information content (AvgIpc) is 3.05. The number of carbonyl (C=O) groups excluding carboxylic acids is 1. The fourth-order valence-electron chi connectivity index (χ4n) is 3.71. The third-order valence-electron chi connectivity index (χ3n) is 5.47. The van der Waals surface area contributed by atoms with E-state index in [1.807, 2.05) is 62.5 Å². The summed E-state index contributed by atoms with van der Waals surface area (Å²) in [5.74, 6) is 1.50. The molecule has 4 rings (SSSR count). The van der Waals surface area contributed by atoms with Crippen LogP contribution in [0.3, 0.4) is 0 Å². The van der Waals surface area contributed by atoms with Crippen molar-refractivity contribution in [2.45, 2.75) is 25.9 Å². The molecular formula is C26H28N2O3. The molecule has 1 atom stereocenters. The Bertz CT molecular complexity index is 1040. The van der Waals surface area contributed by atoms with Crippen molar-refractivity contribution in [2.75, 3.05) is 20.3 Å². The zero-order chi connectivity index (χ0) is 21.6. The maximum Gasteiger partial charge on any atom is 0.317 e. The molecule has 3 aromatic carbocycles. The van der Waals surface area contributed by atoms with Gasteiger partial charge in [-0.15, -0.1) is 0 Å². The van der Waals surface area contributed by atoms with Crippen LogP contribution >= 0.6 is 0 Å². The number of rotatable bonds is 5. The van der Waals surface area contributed by atoms with Crippen molar-refractivity contribution >= 4 is 6.03 Å². The van der Waals surface area contributed by atoms with Gasteiger partial charge in [-0.2, -0.15) is 0 Å². The highest BCUT2D eigenvalue weighted by atomic mass is 16.5. The molecule has 31 heavy (non-hydrogen) atoms. The Labute approximate surface area is 183 Å². The first-order valence-corrected chi connectivity index (χ1v) is 10.7. The fourth-order valence-corrected chi connectivity index (χ4v) is 3.71. The molecule has 1 aliphatic heterocycles. The number of urea groups is 1. The molecule has 0 saturated carbocycles. The van der Waals surface area contributed by atoms with Crippen molar-refractivity contribution in [2.24, 2.45) is 0 Å². The van der Waals surface area contributed by atoms with E-state index >= 15 is 0 Å². The number of nitrogens with zero attached hydrogens (tertiary/aromatic N) is 1. The van der Waals surface area contributed by atoms with Gasteiger partial charge in [-0.3, -0.25) is 0 Å². The molecule has 3 aromatic rings.